The number of imidazole rings is 1. The average Bonchev–Trinajstić information content (AvgIpc) is 3.09. The van der Waals surface area contributed by atoms with Gasteiger partial charge in [-0.3, -0.25) is 0 Å². The number of carbonyl (C=O) groups is 1. The number of benzene rings is 2. The predicted molar refractivity (Wildman–Crippen MR) is 101 cm³/mol. The number of para-hydroxylation sites is 1. The number of rotatable bonds is 3. The molecule has 6 nitrogen and oxygen atoms in total. The predicted octanol–water partition coefficient (Wildman–Crippen LogP) is 5.03. The Morgan fingerprint density at radius 3 is 2.69 bits per heavy atom. The van der Waals surface area contributed by atoms with Gasteiger partial charge in [0.1, 0.15) is 16.9 Å². The fourth-order valence-electron chi connectivity index (χ4n) is 3.18. The molecule has 0 radical (unpaired) electrons. The highest BCUT2D eigenvalue weighted by Crippen LogP contribution is 2.42. The molecule has 3 N–H and O–H groups in total. The third-order valence-electron chi connectivity index (χ3n) is 4.25. The summed E-state index contributed by atoms with van der Waals surface area (Å²) in [6.07, 6.45) is 0.578. The van der Waals surface area contributed by atoms with Crippen LogP contribution >= 0.6 is 23.2 Å². The van der Waals surface area contributed by atoms with E-state index in [-0.39, 0.29) is 5.56 Å². The molecule has 1 aromatic heterocycles. The van der Waals surface area contributed by atoms with E-state index in [2.05, 4.69) is 15.3 Å². The maximum absolute atomic E-state index is 11.6. The normalized spacial score (nSPS) is 14.9. The van der Waals surface area contributed by atoms with Crippen molar-refractivity contribution in [3.05, 3.63) is 45.4 Å². The summed E-state index contributed by atoms with van der Waals surface area (Å²) in [7, 11) is 0. The molecule has 26 heavy (non-hydrogen) atoms. The van der Waals surface area contributed by atoms with Gasteiger partial charge in [-0.2, -0.15) is 0 Å². The van der Waals surface area contributed by atoms with Crippen LogP contribution in [0, 0.1) is 0 Å². The highest BCUT2D eigenvalue weighted by molar-refractivity contribution is 6.39. The molecule has 0 spiro atoms. The number of hydrogen-bond donors (Lipinski definition) is 3. The van der Waals surface area contributed by atoms with Crippen molar-refractivity contribution in [2.24, 2.45) is 0 Å². The van der Waals surface area contributed by atoms with Gasteiger partial charge in [0.2, 0.25) is 5.95 Å². The molecule has 2 aromatic carbocycles. The lowest BCUT2D eigenvalue weighted by atomic mass is 9.99. The van der Waals surface area contributed by atoms with Crippen LogP contribution in [-0.2, 0) is 6.42 Å². The molecule has 4 rings (SSSR count). The highest BCUT2D eigenvalue weighted by atomic mass is 35.5. The Hall–Kier alpha value is -2.44. The lowest BCUT2D eigenvalue weighted by Gasteiger charge is -2.17. The first-order valence-electron chi connectivity index (χ1n) is 7.94. The zero-order valence-electron chi connectivity index (χ0n) is 14.0. The van der Waals surface area contributed by atoms with E-state index in [1.165, 1.54) is 6.07 Å². The minimum atomic E-state index is -1.05. The molecule has 134 valence electrons. The van der Waals surface area contributed by atoms with E-state index in [9.17, 15) is 9.90 Å². The zero-order valence-corrected chi connectivity index (χ0v) is 15.5. The molecule has 3 aromatic rings. The summed E-state index contributed by atoms with van der Waals surface area (Å²) in [5.74, 6) is -0.238. The number of fused-ring (bicyclic) bond motifs is 3. The monoisotopic (exact) mass is 391 g/mol. The standard InChI is InChI=1S/C18H15Cl2N3O3/c1-18(2)7-9-13-12(6-8(16(24)25)15(9)26-18)21-17(22-13)23-14-10(19)4-3-5-11(14)20/h3-6H,7H2,1-2H3,(H,24,25)(H2,21,22,23). The van der Waals surface area contributed by atoms with Gasteiger partial charge < -0.3 is 20.1 Å². The summed E-state index contributed by atoms with van der Waals surface area (Å²) in [5, 5.41) is 13.5. The van der Waals surface area contributed by atoms with Crippen LogP contribution in [0.15, 0.2) is 24.3 Å². The van der Waals surface area contributed by atoms with Gasteiger partial charge in [-0.25, -0.2) is 9.78 Å². The maximum atomic E-state index is 11.6. The van der Waals surface area contributed by atoms with Crippen molar-refractivity contribution in [1.82, 2.24) is 9.97 Å². The molecule has 0 aliphatic carbocycles. The molecular weight excluding hydrogens is 377 g/mol. The second-order valence-corrected chi connectivity index (χ2v) is 7.59. The largest absolute Gasteiger partial charge is 0.486 e. The van der Waals surface area contributed by atoms with Crippen molar-refractivity contribution < 1.29 is 14.6 Å². The zero-order chi connectivity index (χ0) is 18.6. The Morgan fingerprint density at radius 2 is 2.04 bits per heavy atom. The van der Waals surface area contributed by atoms with Gasteiger partial charge in [-0.05, 0) is 32.0 Å². The number of carboxylic acid groups (broad SMARTS) is 1. The van der Waals surface area contributed by atoms with E-state index in [0.717, 1.165) is 11.1 Å². The third-order valence-corrected chi connectivity index (χ3v) is 4.88. The lowest BCUT2D eigenvalue weighted by molar-refractivity contribution is 0.0685. The van der Waals surface area contributed by atoms with Crippen LogP contribution in [0.4, 0.5) is 11.6 Å². The number of nitrogens with one attached hydrogen (secondary N) is 2. The van der Waals surface area contributed by atoms with Crippen LogP contribution in [0.1, 0.15) is 29.8 Å². The molecule has 2 heterocycles. The van der Waals surface area contributed by atoms with Crippen molar-refractivity contribution in [3.63, 3.8) is 0 Å². The molecule has 0 bridgehead atoms. The second kappa shape index (κ2) is 5.79. The van der Waals surface area contributed by atoms with Gasteiger partial charge in [-0.15, -0.1) is 0 Å². The molecule has 0 saturated carbocycles. The number of aromatic nitrogens is 2. The maximum Gasteiger partial charge on any atom is 0.339 e. The number of anilines is 2. The van der Waals surface area contributed by atoms with Crippen LogP contribution in [-0.4, -0.2) is 26.6 Å². The first kappa shape index (κ1) is 17.0. The molecule has 0 unspecified atom stereocenters. The minimum absolute atomic E-state index is 0.104. The highest BCUT2D eigenvalue weighted by Gasteiger charge is 2.36. The Labute approximate surface area is 159 Å². The van der Waals surface area contributed by atoms with Gasteiger partial charge in [-0.1, -0.05) is 29.3 Å². The number of hydrogen-bond acceptors (Lipinski definition) is 4. The molecule has 0 fully saturated rings. The third kappa shape index (κ3) is 2.75. The van der Waals surface area contributed by atoms with Crippen LogP contribution < -0.4 is 10.1 Å². The summed E-state index contributed by atoms with van der Waals surface area (Å²) < 4.78 is 5.87. The second-order valence-electron chi connectivity index (χ2n) is 6.78. The molecular formula is C18H15Cl2N3O3. The van der Waals surface area contributed by atoms with E-state index in [1.807, 2.05) is 13.8 Å². The molecule has 1 aliphatic rings. The van der Waals surface area contributed by atoms with Crippen molar-refractivity contribution in [1.29, 1.82) is 0 Å². The fourth-order valence-corrected chi connectivity index (χ4v) is 3.67. The van der Waals surface area contributed by atoms with Crippen LogP contribution in [0.5, 0.6) is 5.75 Å². The first-order valence-corrected chi connectivity index (χ1v) is 8.70. The van der Waals surface area contributed by atoms with Gasteiger partial charge in [0.05, 0.1) is 26.8 Å². The number of aromatic amines is 1. The van der Waals surface area contributed by atoms with Crippen LogP contribution in [0.2, 0.25) is 10.0 Å². The summed E-state index contributed by atoms with van der Waals surface area (Å²) in [6, 6.07) is 6.69. The number of aromatic carboxylic acids is 1. The van der Waals surface area contributed by atoms with E-state index < -0.39 is 11.6 Å². The lowest BCUT2D eigenvalue weighted by Crippen LogP contribution is -2.25. The Balaban J connectivity index is 1.85. The molecule has 0 saturated heterocycles. The molecule has 8 heteroatoms. The van der Waals surface area contributed by atoms with Crippen LogP contribution in [0.25, 0.3) is 11.0 Å². The van der Waals surface area contributed by atoms with Crippen LogP contribution in [0.3, 0.4) is 0 Å². The SMILES string of the molecule is CC1(C)Cc2c(c(C(=O)O)cc3nc(Nc4c(Cl)cccc4Cl)[nH]c23)O1. The van der Waals surface area contributed by atoms with Crippen molar-refractivity contribution >= 4 is 51.8 Å². The first-order chi connectivity index (χ1) is 12.2. The Bertz CT molecular complexity index is 1040. The van der Waals surface area contributed by atoms with E-state index in [1.54, 1.807) is 18.2 Å². The molecule has 0 atom stereocenters. The fraction of sp³-hybridized carbons (Fsp3) is 0.222. The van der Waals surface area contributed by atoms with Crippen molar-refractivity contribution in [2.45, 2.75) is 25.9 Å². The van der Waals surface area contributed by atoms with E-state index >= 15 is 0 Å². The van der Waals surface area contributed by atoms with Gasteiger partial charge in [0.15, 0.2) is 0 Å². The summed E-state index contributed by atoms with van der Waals surface area (Å²) in [5.41, 5.74) is 2.23. The molecule has 1 aliphatic heterocycles. The van der Waals surface area contributed by atoms with Crippen molar-refractivity contribution in [3.8, 4) is 5.75 Å². The number of nitrogens with zero attached hydrogens (tertiary/aromatic N) is 1. The summed E-state index contributed by atoms with van der Waals surface area (Å²) in [4.78, 5) is 19.3. The molecule has 0 amide bonds. The van der Waals surface area contributed by atoms with Gasteiger partial charge in [0.25, 0.3) is 0 Å². The quantitative estimate of drug-likeness (QED) is 0.582. The minimum Gasteiger partial charge on any atom is -0.486 e. The number of ether oxygens (including phenoxy) is 1. The number of H-pyrrole nitrogens is 1. The Kier molecular flexibility index (Phi) is 3.78. The summed E-state index contributed by atoms with van der Waals surface area (Å²) in [6.45, 7) is 3.84. The Morgan fingerprint density at radius 1 is 1.35 bits per heavy atom. The van der Waals surface area contributed by atoms with Gasteiger partial charge in [0, 0.05) is 12.0 Å². The average molecular weight is 392 g/mol. The van der Waals surface area contributed by atoms with Crippen molar-refractivity contribution in [2.75, 3.05) is 5.32 Å². The smallest absolute Gasteiger partial charge is 0.339 e. The summed E-state index contributed by atoms with van der Waals surface area (Å²) >= 11 is 12.4. The van der Waals surface area contributed by atoms with E-state index in [4.69, 9.17) is 27.9 Å². The topological polar surface area (TPSA) is 87.2 Å². The number of carboxylic acids is 1. The number of halogens is 2. The van der Waals surface area contributed by atoms with Gasteiger partial charge >= 0.3 is 5.97 Å². The van der Waals surface area contributed by atoms with E-state index in [0.29, 0.717) is 39.4 Å².